The van der Waals surface area contributed by atoms with Gasteiger partial charge in [-0.25, -0.2) is 4.98 Å². The molecule has 88 valence electrons. The number of ketones is 1. The summed E-state index contributed by atoms with van der Waals surface area (Å²) in [5.74, 6) is 0.449. The second kappa shape index (κ2) is 4.57. The third-order valence-corrected chi connectivity index (χ3v) is 2.42. The average molecular weight is 252 g/mol. The van der Waals surface area contributed by atoms with Crippen molar-refractivity contribution in [2.24, 2.45) is 5.73 Å². The largest absolute Gasteiger partial charge is 0.456 e. The van der Waals surface area contributed by atoms with Crippen LogP contribution in [0.5, 0.6) is 0 Å². The zero-order valence-corrected chi connectivity index (χ0v) is 9.57. The lowest BCUT2D eigenvalue weighted by molar-refractivity contribution is 0.101. The summed E-state index contributed by atoms with van der Waals surface area (Å²) in [6.07, 6.45) is 1.38. The SMILES string of the molecule is NCc1ccc(C(=O)c2cc(Cl)cnc2N)o1. The molecular weight excluding hydrogens is 242 g/mol. The van der Waals surface area contributed by atoms with E-state index in [1.54, 1.807) is 12.1 Å². The van der Waals surface area contributed by atoms with Gasteiger partial charge in [0, 0.05) is 6.20 Å². The Bertz CT molecular complexity index is 566. The van der Waals surface area contributed by atoms with Crippen LogP contribution in [0.4, 0.5) is 5.82 Å². The summed E-state index contributed by atoms with van der Waals surface area (Å²) in [7, 11) is 0. The number of nitrogen functional groups attached to an aromatic ring is 1. The molecule has 0 aliphatic rings. The minimum atomic E-state index is -0.364. The van der Waals surface area contributed by atoms with E-state index in [-0.39, 0.29) is 29.5 Å². The highest BCUT2D eigenvalue weighted by Gasteiger charge is 2.17. The van der Waals surface area contributed by atoms with Crippen molar-refractivity contribution < 1.29 is 9.21 Å². The highest BCUT2D eigenvalue weighted by molar-refractivity contribution is 6.31. The van der Waals surface area contributed by atoms with Gasteiger partial charge in [-0.3, -0.25) is 4.79 Å². The molecule has 5 nitrogen and oxygen atoms in total. The van der Waals surface area contributed by atoms with Crippen LogP contribution < -0.4 is 11.5 Å². The molecule has 0 aromatic carbocycles. The van der Waals surface area contributed by atoms with E-state index >= 15 is 0 Å². The number of nitrogens with two attached hydrogens (primary N) is 2. The molecule has 0 spiro atoms. The molecule has 0 fully saturated rings. The normalized spacial score (nSPS) is 10.5. The van der Waals surface area contributed by atoms with Crippen molar-refractivity contribution in [1.29, 1.82) is 0 Å². The van der Waals surface area contributed by atoms with Crippen LogP contribution >= 0.6 is 11.6 Å². The third kappa shape index (κ3) is 2.30. The Morgan fingerprint density at radius 1 is 1.47 bits per heavy atom. The number of carbonyl (C=O) groups is 1. The molecule has 6 heteroatoms. The summed E-state index contributed by atoms with van der Waals surface area (Å²) in [6, 6.07) is 4.64. The number of hydrogen-bond acceptors (Lipinski definition) is 5. The highest BCUT2D eigenvalue weighted by Crippen LogP contribution is 2.20. The van der Waals surface area contributed by atoms with Crippen molar-refractivity contribution >= 4 is 23.2 Å². The molecule has 0 radical (unpaired) electrons. The second-order valence-corrected chi connectivity index (χ2v) is 3.82. The molecule has 0 unspecified atom stereocenters. The second-order valence-electron chi connectivity index (χ2n) is 3.39. The lowest BCUT2D eigenvalue weighted by atomic mass is 10.1. The van der Waals surface area contributed by atoms with Crippen LogP contribution in [0.3, 0.4) is 0 Å². The van der Waals surface area contributed by atoms with Gasteiger partial charge in [-0.15, -0.1) is 0 Å². The Morgan fingerprint density at radius 2 is 2.24 bits per heavy atom. The summed E-state index contributed by atoms with van der Waals surface area (Å²) in [6.45, 7) is 0.233. The summed E-state index contributed by atoms with van der Waals surface area (Å²) >= 11 is 5.76. The first-order valence-corrected chi connectivity index (χ1v) is 5.24. The van der Waals surface area contributed by atoms with Gasteiger partial charge in [-0.05, 0) is 18.2 Å². The van der Waals surface area contributed by atoms with Crippen LogP contribution in [0.15, 0.2) is 28.8 Å². The van der Waals surface area contributed by atoms with Gasteiger partial charge in [0.25, 0.3) is 0 Å². The molecule has 0 saturated carbocycles. The maximum Gasteiger partial charge on any atom is 0.231 e. The Morgan fingerprint density at radius 3 is 2.88 bits per heavy atom. The van der Waals surface area contributed by atoms with E-state index in [9.17, 15) is 4.79 Å². The third-order valence-electron chi connectivity index (χ3n) is 2.22. The fourth-order valence-corrected chi connectivity index (χ4v) is 1.53. The molecule has 0 saturated heterocycles. The zero-order valence-electron chi connectivity index (χ0n) is 8.81. The fraction of sp³-hybridized carbons (Fsp3) is 0.0909. The Hall–Kier alpha value is -1.85. The van der Waals surface area contributed by atoms with E-state index in [1.807, 2.05) is 0 Å². The van der Waals surface area contributed by atoms with Crippen molar-refractivity contribution in [3.8, 4) is 0 Å². The maximum atomic E-state index is 12.0. The summed E-state index contributed by atoms with van der Waals surface area (Å²) < 4.78 is 5.24. The smallest absolute Gasteiger partial charge is 0.231 e. The minimum absolute atomic E-state index is 0.116. The number of halogens is 1. The number of carbonyl (C=O) groups excluding carboxylic acids is 1. The lowest BCUT2D eigenvalue weighted by Crippen LogP contribution is -2.06. The lowest BCUT2D eigenvalue weighted by Gasteiger charge is -2.02. The molecular formula is C11H10ClN3O2. The van der Waals surface area contributed by atoms with E-state index in [1.165, 1.54) is 12.3 Å². The van der Waals surface area contributed by atoms with Gasteiger partial charge in [-0.2, -0.15) is 0 Å². The first-order chi connectivity index (χ1) is 8.11. The van der Waals surface area contributed by atoms with Crippen molar-refractivity contribution in [3.63, 3.8) is 0 Å². The van der Waals surface area contributed by atoms with Crippen LogP contribution in [0.25, 0.3) is 0 Å². The topological polar surface area (TPSA) is 95.1 Å². The van der Waals surface area contributed by atoms with Gasteiger partial charge in [0.1, 0.15) is 11.6 Å². The first-order valence-electron chi connectivity index (χ1n) is 4.86. The van der Waals surface area contributed by atoms with Gasteiger partial charge in [0.05, 0.1) is 17.1 Å². The van der Waals surface area contributed by atoms with Gasteiger partial charge >= 0.3 is 0 Å². The molecule has 2 aromatic heterocycles. The molecule has 2 aromatic rings. The quantitative estimate of drug-likeness (QED) is 0.808. The number of anilines is 1. The van der Waals surface area contributed by atoms with E-state index in [4.69, 9.17) is 27.5 Å². The predicted molar refractivity (Wildman–Crippen MR) is 63.7 cm³/mol. The molecule has 17 heavy (non-hydrogen) atoms. The summed E-state index contributed by atoms with van der Waals surface area (Å²) in [4.78, 5) is 15.8. The fourth-order valence-electron chi connectivity index (χ4n) is 1.37. The molecule has 0 bridgehead atoms. The van der Waals surface area contributed by atoms with E-state index in [2.05, 4.69) is 4.98 Å². The predicted octanol–water partition coefficient (Wildman–Crippen LogP) is 1.60. The van der Waals surface area contributed by atoms with Crippen LogP contribution in [0.2, 0.25) is 5.02 Å². The van der Waals surface area contributed by atoms with Crippen molar-refractivity contribution in [1.82, 2.24) is 4.98 Å². The maximum absolute atomic E-state index is 12.0. The number of nitrogens with zero attached hydrogens (tertiary/aromatic N) is 1. The standard InChI is InChI=1S/C11H10ClN3O2/c12-6-3-8(11(14)15-5-6)10(16)9-2-1-7(4-13)17-9/h1-3,5H,4,13H2,(H2,14,15). The average Bonchev–Trinajstić information content (AvgIpc) is 2.80. The molecule has 0 aliphatic carbocycles. The van der Waals surface area contributed by atoms with Crippen molar-refractivity contribution in [2.45, 2.75) is 6.54 Å². The van der Waals surface area contributed by atoms with Gasteiger partial charge < -0.3 is 15.9 Å². The Labute approximate surface area is 102 Å². The zero-order chi connectivity index (χ0) is 12.4. The molecule has 2 heterocycles. The monoisotopic (exact) mass is 251 g/mol. The molecule has 4 N–H and O–H groups in total. The van der Waals surface area contributed by atoms with Crippen molar-refractivity contribution in [3.05, 3.63) is 46.5 Å². The Kier molecular flexibility index (Phi) is 3.12. The van der Waals surface area contributed by atoms with Crippen LogP contribution in [0, 0.1) is 0 Å². The number of rotatable bonds is 3. The molecule has 0 atom stereocenters. The van der Waals surface area contributed by atoms with Gasteiger partial charge in [-0.1, -0.05) is 11.6 Å². The molecule has 0 aliphatic heterocycles. The summed E-state index contributed by atoms with van der Waals surface area (Å²) in [5.41, 5.74) is 11.2. The molecule has 0 amide bonds. The number of furan rings is 1. The van der Waals surface area contributed by atoms with Gasteiger partial charge in [0.15, 0.2) is 5.76 Å². The number of aromatic nitrogens is 1. The van der Waals surface area contributed by atoms with E-state index in [0.717, 1.165) is 0 Å². The number of hydrogen-bond donors (Lipinski definition) is 2. The Balaban J connectivity index is 2.39. The van der Waals surface area contributed by atoms with Crippen LogP contribution in [-0.4, -0.2) is 10.8 Å². The van der Waals surface area contributed by atoms with Crippen LogP contribution in [-0.2, 0) is 6.54 Å². The van der Waals surface area contributed by atoms with Crippen molar-refractivity contribution in [2.75, 3.05) is 5.73 Å². The van der Waals surface area contributed by atoms with Gasteiger partial charge in [0.2, 0.25) is 5.78 Å². The van der Waals surface area contributed by atoms with E-state index < -0.39 is 0 Å². The first kappa shape index (κ1) is 11.6. The van der Waals surface area contributed by atoms with Crippen LogP contribution in [0.1, 0.15) is 21.9 Å². The minimum Gasteiger partial charge on any atom is -0.456 e. The summed E-state index contributed by atoms with van der Waals surface area (Å²) in [5, 5.41) is 0.341. The number of pyridine rings is 1. The molecule has 2 rings (SSSR count). The van der Waals surface area contributed by atoms with E-state index in [0.29, 0.717) is 10.8 Å². The highest BCUT2D eigenvalue weighted by atomic mass is 35.5.